The zero-order chi connectivity index (χ0) is 12.7. The van der Waals surface area contributed by atoms with E-state index >= 15 is 0 Å². The molecule has 0 aromatic heterocycles. The monoisotopic (exact) mass is 237 g/mol. The normalized spacial score (nSPS) is 18.3. The lowest BCUT2D eigenvalue weighted by Gasteiger charge is -2.34. The van der Waals surface area contributed by atoms with Crippen LogP contribution in [-0.4, -0.2) is 37.1 Å². The number of piperidine rings is 1. The van der Waals surface area contributed by atoms with Gasteiger partial charge in [-0.25, -0.2) is 0 Å². The van der Waals surface area contributed by atoms with Crippen molar-refractivity contribution in [1.29, 1.82) is 5.26 Å². The summed E-state index contributed by atoms with van der Waals surface area (Å²) in [6.07, 6.45) is 4.69. The summed E-state index contributed by atoms with van der Waals surface area (Å²) in [5, 5.41) is 12.4. The van der Waals surface area contributed by atoms with Crippen LogP contribution in [0.3, 0.4) is 0 Å². The SMILES string of the molecule is CCN(CCCC(C)(C)C#N)C1CCNCC1. The molecule has 0 saturated carbocycles. The Bertz CT molecular complexity index is 249. The molecule has 1 aliphatic heterocycles. The van der Waals surface area contributed by atoms with E-state index in [1.54, 1.807) is 0 Å². The van der Waals surface area contributed by atoms with E-state index in [9.17, 15) is 0 Å². The molecule has 1 heterocycles. The molecule has 0 spiro atoms. The minimum atomic E-state index is -0.159. The van der Waals surface area contributed by atoms with Crippen molar-refractivity contribution in [2.75, 3.05) is 26.2 Å². The maximum Gasteiger partial charge on any atom is 0.0683 e. The van der Waals surface area contributed by atoms with Gasteiger partial charge in [-0.1, -0.05) is 6.92 Å². The molecule has 1 saturated heterocycles. The van der Waals surface area contributed by atoms with Crippen molar-refractivity contribution < 1.29 is 0 Å². The summed E-state index contributed by atoms with van der Waals surface area (Å²) in [7, 11) is 0. The number of hydrogen-bond donors (Lipinski definition) is 1. The predicted molar refractivity (Wildman–Crippen MR) is 71.8 cm³/mol. The Morgan fingerprint density at radius 2 is 2.00 bits per heavy atom. The molecule has 1 aliphatic rings. The fourth-order valence-electron chi connectivity index (χ4n) is 2.55. The first kappa shape index (κ1) is 14.5. The van der Waals surface area contributed by atoms with Crippen molar-refractivity contribution in [2.45, 2.75) is 52.5 Å². The Hall–Kier alpha value is -0.590. The van der Waals surface area contributed by atoms with E-state index in [1.165, 1.54) is 12.8 Å². The molecule has 1 rings (SSSR count). The van der Waals surface area contributed by atoms with Crippen LogP contribution in [0.1, 0.15) is 46.5 Å². The third-order valence-electron chi connectivity index (χ3n) is 3.78. The van der Waals surface area contributed by atoms with Gasteiger partial charge in [0.1, 0.15) is 0 Å². The van der Waals surface area contributed by atoms with Gasteiger partial charge in [0, 0.05) is 6.04 Å². The second-order valence-electron chi connectivity index (χ2n) is 5.71. The minimum Gasteiger partial charge on any atom is -0.317 e. The van der Waals surface area contributed by atoms with Gasteiger partial charge in [0.15, 0.2) is 0 Å². The Balaban J connectivity index is 2.29. The van der Waals surface area contributed by atoms with E-state index < -0.39 is 0 Å². The zero-order valence-corrected chi connectivity index (χ0v) is 11.6. The summed E-state index contributed by atoms with van der Waals surface area (Å²) in [5.41, 5.74) is -0.159. The van der Waals surface area contributed by atoms with Crippen LogP contribution in [0.15, 0.2) is 0 Å². The Kier molecular flexibility index (Phi) is 5.94. The molecule has 0 amide bonds. The Morgan fingerprint density at radius 1 is 1.35 bits per heavy atom. The van der Waals surface area contributed by atoms with Crippen molar-refractivity contribution in [3.8, 4) is 6.07 Å². The molecule has 0 bridgehead atoms. The highest BCUT2D eigenvalue weighted by molar-refractivity contribution is 4.91. The van der Waals surface area contributed by atoms with E-state index in [1.807, 2.05) is 13.8 Å². The van der Waals surface area contributed by atoms with Gasteiger partial charge in [-0.3, -0.25) is 0 Å². The molecule has 0 aliphatic carbocycles. The van der Waals surface area contributed by atoms with Crippen molar-refractivity contribution in [3.05, 3.63) is 0 Å². The molecular formula is C14H27N3. The van der Waals surface area contributed by atoms with E-state index in [0.29, 0.717) is 0 Å². The third kappa shape index (κ3) is 5.06. The first-order valence-corrected chi connectivity index (χ1v) is 6.95. The van der Waals surface area contributed by atoms with Gasteiger partial charge in [0.25, 0.3) is 0 Å². The van der Waals surface area contributed by atoms with Gasteiger partial charge in [0.05, 0.1) is 11.5 Å². The summed E-state index contributed by atoms with van der Waals surface area (Å²) >= 11 is 0. The second-order valence-corrected chi connectivity index (χ2v) is 5.71. The van der Waals surface area contributed by atoms with Crippen LogP contribution in [0.25, 0.3) is 0 Å². The van der Waals surface area contributed by atoms with Crippen LogP contribution in [0, 0.1) is 16.7 Å². The molecule has 1 fully saturated rings. The molecular weight excluding hydrogens is 210 g/mol. The van der Waals surface area contributed by atoms with Crippen molar-refractivity contribution in [1.82, 2.24) is 10.2 Å². The van der Waals surface area contributed by atoms with Gasteiger partial charge >= 0.3 is 0 Å². The number of nitrogens with one attached hydrogen (secondary N) is 1. The average Bonchev–Trinajstić information content (AvgIpc) is 2.36. The number of nitrogens with zero attached hydrogens (tertiary/aromatic N) is 2. The van der Waals surface area contributed by atoms with E-state index in [0.717, 1.165) is 45.1 Å². The Morgan fingerprint density at radius 3 is 2.53 bits per heavy atom. The Labute approximate surface area is 106 Å². The zero-order valence-electron chi connectivity index (χ0n) is 11.6. The number of hydrogen-bond acceptors (Lipinski definition) is 3. The molecule has 1 N–H and O–H groups in total. The molecule has 0 aromatic rings. The molecule has 0 atom stereocenters. The minimum absolute atomic E-state index is 0.159. The molecule has 0 aromatic carbocycles. The van der Waals surface area contributed by atoms with Crippen LogP contribution < -0.4 is 5.32 Å². The largest absolute Gasteiger partial charge is 0.317 e. The predicted octanol–water partition coefficient (Wildman–Crippen LogP) is 2.39. The van der Waals surface area contributed by atoms with Crippen LogP contribution in [0.5, 0.6) is 0 Å². The van der Waals surface area contributed by atoms with Gasteiger partial charge in [0.2, 0.25) is 0 Å². The van der Waals surface area contributed by atoms with Crippen LogP contribution in [0.4, 0.5) is 0 Å². The molecule has 3 nitrogen and oxygen atoms in total. The van der Waals surface area contributed by atoms with Gasteiger partial charge in [-0.2, -0.15) is 5.26 Å². The second kappa shape index (κ2) is 6.98. The topological polar surface area (TPSA) is 39.1 Å². The highest BCUT2D eigenvalue weighted by Gasteiger charge is 2.21. The summed E-state index contributed by atoms with van der Waals surface area (Å²) in [6.45, 7) is 10.9. The maximum atomic E-state index is 8.99. The third-order valence-corrected chi connectivity index (χ3v) is 3.78. The van der Waals surface area contributed by atoms with Gasteiger partial charge < -0.3 is 10.2 Å². The van der Waals surface area contributed by atoms with Crippen LogP contribution in [-0.2, 0) is 0 Å². The van der Waals surface area contributed by atoms with E-state index in [2.05, 4.69) is 23.2 Å². The van der Waals surface area contributed by atoms with E-state index in [-0.39, 0.29) is 5.41 Å². The molecule has 17 heavy (non-hydrogen) atoms. The first-order valence-electron chi connectivity index (χ1n) is 6.95. The number of rotatable bonds is 6. The standard InChI is InChI=1S/C14H27N3/c1-4-17(13-6-9-16-10-7-13)11-5-8-14(2,3)12-15/h13,16H,4-11H2,1-3H3. The fraction of sp³-hybridized carbons (Fsp3) is 0.929. The summed E-state index contributed by atoms with van der Waals surface area (Å²) in [6, 6.07) is 3.14. The highest BCUT2D eigenvalue weighted by atomic mass is 15.2. The smallest absolute Gasteiger partial charge is 0.0683 e. The quantitative estimate of drug-likeness (QED) is 0.771. The first-order chi connectivity index (χ1) is 8.09. The summed E-state index contributed by atoms with van der Waals surface area (Å²) in [5.74, 6) is 0. The number of nitriles is 1. The molecule has 0 unspecified atom stereocenters. The molecule has 98 valence electrons. The summed E-state index contributed by atoms with van der Waals surface area (Å²) < 4.78 is 0. The van der Waals surface area contributed by atoms with Crippen LogP contribution in [0.2, 0.25) is 0 Å². The van der Waals surface area contributed by atoms with Crippen molar-refractivity contribution in [2.24, 2.45) is 5.41 Å². The maximum absolute atomic E-state index is 8.99. The fourth-order valence-corrected chi connectivity index (χ4v) is 2.55. The van der Waals surface area contributed by atoms with Crippen molar-refractivity contribution in [3.63, 3.8) is 0 Å². The lowest BCUT2D eigenvalue weighted by atomic mass is 9.89. The molecule has 0 radical (unpaired) electrons. The van der Waals surface area contributed by atoms with Crippen LogP contribution >= 0.6 is 0 Å². The van der Waals surface area contributed by atoms with Crippen molar-refractivity contribution >= 4 is 0 Å². The van der Waals surface area contributed by atoms with E-state index in [4.69, 9.17) is 5.26 Å². The average molecular weight is 237 g/mol. The lowest BCUT2D eigenvalue weighted by molar-refractivity contribution is 0.163. The van der Waals surface area contributed by atoms with Gasteiger partial charge in [-0.15, -0.1) is 0 Å². The van der Waals surface area contributed by atoms with Gasteiger partial charge in [-0.05, 0) is 65.7 Å². The molecule has 3 heteroatoms. The lowest BCUT2D eigenvalue weighted by Crippen LogP contribution is -2.43. The summed E-state index contributed by atoms with van der Waals surface area (Å²) in [4.78, 5) is 2.59. The highest BCUT2D eigenvalue weighted by Crippen LogP contribution is 2.21.